The Bertz CT molecular complexity index is 1100. The lowest BCUT2D eigenvalue weighted by atomic mass is 10.1. The van der Waals surface area contributed by atoms with E-state index >= 15 is 0 Å². The molecule has 1 aliphatic heterocycles. The van der Waals surface area contributed by atoms with Gasteiger partial charge in [-0.2, -0.15) is 13.9 Å². The van der Waals surface area contributed by atoms with E-state index in [2.05, 4.69) is 9.84 Å². The zero-order chi connectivity index (χ0) is 23.9. The number of benzene rings is 2. The molecule has 0 spiro atoms. The van der Waals surface area contributed by atoms with Crippen molar-refractivity contribution < 1.29 is 32.5 Å². The number of morpholine rings is 1. The Labute approximate surface area is 195 Å². The normalized spacial score (nSPS) is 13.7. The third-order valence-corrected chi connectivity index (χ3v) is 5.31. The van der Waals surface area contributed by atoms with E-state index in [1.54, 1.807) is 53.2 Å². The largest absolute Gasteiger partial charge is 0.497 e. The van der Waals surface area contributed by atoms with Crippen molar-refractivity contribution in [3.8, 4) is 28.5 Å². The van der Waals surface area contributed by atoms with E-state index in [1.807, 2.05) is 12.1 Å². The van der Waals surface area contributed by atoms with Gasteiger partial charge in [0, 0.05) is 24.8 Å². The van der Waals surface area contributed by atoms with Gasteiger partial charge in [0.25, 0.3) is 0 Å². The first kappa shape index (κ1) is 23.5. The maximum absolute atomic E-state index is 12.9. The highest BCUT2D eigenvalue weighted by molar-refractivity contribution is 5.76. The topological polar surface area (TPSA) is 75.1 Å². The second kappa shape index (κ2) is 11.0. The molecule has 2 heterocycles. The molecule has 180 valence electrons. The van der Waals surface area contributed by atoms with Crippen molar-refractivity contribution in [3.63, 3.8) is 0 Å². The third-order valence-electron chi connectivity index (χ3n) is 5.31. The fraction of sp³-hybridized carbons (Fsp3) is 0.333. The van der Waals surface area contributed by atoms with Crippen molar-refractivity contribution in [1.82, 2.24) is 14.7 Å². The lowest BCUT2D eigenvalue weighted by Crippen LogP contribution is -2.42. The molecule has 1 saturated heterocycles. The van der Waals surface area contributed by atoms with Gasteiger partial charge in [-0.25, -0.2) is 0 Å². The highest BCUT2D eigenvalue weighted by Crippen LogP contribution is 2.34. The molecular formula is C24H25F2N3O5. The summed E-state index contributed by atoms with van der Waals surface area (Å²) >= 11 is 0. The Kier molecular flexibility index (Phi) is 7.58. The van der Waals surface area contributed by atoms with Crippen molar-refractivity contribution >= 4 is 5.91 Å². The van der Waals surface area contributed by atoms with E-state index in [9.17, 15) is 13.6 Å². The van der Waals surface area contributed by atoms with E-state index in [0.717, 1.165) is 5.56 Å². The molecule has 0 N–H and O–H groups in total. The zero-order valence-electron chi connectivity index (χ0n) is 18.7. The Hall–Kier alpha value is -3.66. The number of alkyl halides is 2. The number of halogens is 2. The van der Waals surface area contributed by atoms with Gasteiger partial charge in [0.05, 0.1) is 26.0 Å². The average molecular weight is 473 g/mol. The highest BCUT2D eigenvalue weighted by Gasteiger charge is 2.18. The van der Waals surface area contributed by atoms with Gasteiger partial charge in [-0.3, -0.25) is 9.48 Å². The Balaban J connectivity index is 1.48. The molecule has 0 radical (unpaired) electrons. The van der Waals surface area contributed by atoms with Crippen molar-refractivity contribution in [3.05, 3.63) is 60.3 Å². The fourth-order valence-electron chi connectivity index (χ4n) is 3.51. The Morgan fingerprint density at radius 1 is 1.09 bits per heavy atom. The maximum Gasteiger partial charge on any atom is 0.387 e. The molecule has 1 fully saturated rings. The van der Waals surface area contributed by atoms with Gasteiger partial charge in [0.1, 0.15) is 18.9 Å². The number of methoxy groups -OCH3 is 1. The molecule has 0 aliphatic carbocycles. The molecule has 2 aromatic carbocycles. The first-order valence-electron chi connectivity index (χ1n) is 10.8. The van der Waals surface area contributed by atoms with Crippen LogP contribution in [0, 0.1) is 0 Å². The summed E-state index contributed by atoms with van der Waals surface area (Å²) in [5, 5.41) is 4.46. The minimum absolute atomic E-state index is 0.0397. The molecular weight excluding hydrogens is 448 g/mol. The van der Waals surface area contributed by atoms with Crippen LogP contribution in [-0.4, -0.2) is 60.6 Å². The van der Waals surface area contributed by atoms with E-state index < -0.39 is 6.61 Å². The summed E-state index contributed by atoms with van der Waals surface area (Å²) in [5.41, 5.74) is 2.05. The molecule has 1 aliphatic rings. The predicted octanol–water partition coefficient (Wildman–Crippen LogP) is 3.60. The first-order valence-corrected chi connectivity index (χ1v) is 10.8. The molecule has 0 unspecified atom stereocenters. The fourth-order valence-corrected chi connectivity index (χ4v) is 3.51. The van der Waals surface area contributed by atoms with Crippen LogP contribution in [0.2, 0.25) is 0 Å². The van der Waals surface area contributed by atoms with Gasteiger partial charge in [0.2, 0.25) is 5.91 Å². The summed E-state index contributed by atoms with van der Waals surface area (Å²) in [7, 11) is 1.57. The van der Waals surface area contributed by atoms with Gasteiger partial charge in [-0.1, -0.05) is 12.1 Å². The summed E-state index contributed by atoms with van der Waals surface area (Å²) in [6, 6.07) is 13.6. The molecule has 0 saturated carbocycles. The molecule has 3 aromatic rings. The number of amides is 1. The van der Waals surface area contributed by atoms with Crippen LogP contribution >= 0.6 is 0 Å². The third kappa shape index (κ3) is 6.02. The molecule has 0 atom stereocenters. The van der Waals surface area contributed by atoms with Gasteiger partial charge < -0.3 is 23.8 Å². The Morgan fingerprint density at radius 2 is 1.85 bits per heavy atom. The van der Waals surface area contributed by atoms with Crippen LogP contribution in [0.25, 0.3) is 11.3 Å². The lowest BCUT2D eigenvalue weighted by Gasteiger charge is -2.26. The number of carbonyl (C=O) groups excluding carboxylic acids is 1. The molecule has 34 heavy (non-hydrogen) atoms. The second-order valence-electron chi connectivity index (χ2n) is 7.57. The number of hydrogen-bond acceptors (Lipinski definition) is 6. The summed E-state index contributed by atoms with van der Waals surface area (Å²) in [4.78, 5) is 14.2. The predicted molar refractivity (Wildman–Crippen MR) is 119 cm³/mol. The summed E-state index contributed by atoms with van der Waals surface area (Å²) in [6.07, 6.45) is 1.70. The zero-order valence-corrected chi connectivity index (χ0v) is 18.7. The molecule has 1 aromatic heterocycles. The van der Waals surface area contributed by atoms with Gasteiger partial charge >= 0.3 is 6.61 Å². The average Bonchev–Trinajstić information content (AvgIpc) is 3.32. The van der Waals surface area contributed by atoms with E-state index in [0.29, 0.717) is 43.3 Å². The van der Waals surface area contributed by atoms with E-state index in [1.165, 1.54) is 6.07 Å². The van der Waals surface area contributed by atoms with Crippen LogP contribution in [0.1, 0.15) is 5.56 Å². The number of hydrogen-bond donors (Lipinski definition) is 0. The van der Waals surface area contributed by atoms with Crippen molar-refractivity contribution in [2.75, 3.05) is 33.4 Å². The lowest BCUT2D eigenvalue weighted by molar-refractivity contribution is -0.136. The van der Waals surface area contributed by atoms with E-state index in [4.69, 9.17) is 14.2 Å². The van der Waals surface area contributed by atoms with Gasteiger partial charge in [0.15, 0.2) is 11.5 Å². The highest BCUT2D eigenvalue weighted by atomic mass is 19.3. The number of rotatable bonds is 9. The number of nitrogens with zero attached hydrogens (tertiary/aromatic N) is 3. The van der Waals surface area contributed by atoms with E-state index in [-0.39, 0.29) is 30.6 Å². The number of ether oxygens (including phenoxy) is 4. The second-order valence-corrected chi connectivity index (χ2v) is 7.57. The number of carbonyl (C=O) groups is 1. The van der Waals surface area contributed by atoms with Crippen LogP contribution in [0.5, 0.6) is 17.2 Å². The summed E-state index contributed by atoms with van der Waals surface area (Å²) in [5.74, 6) is 0.749. The summed E-state index contributed by atoms with van der Waals surface area (Å²) in [6.45, 7) is -0.547. The van der Waals surface area contributed by atoms with Crippen molar-refractivity contribution in [1.29, 1.82) is 0 Å². The van der Waals surface area contributed by atoms with Crippen LogP contribution < -0.4 is 14.2 Å². The van der Waals surface area contributed by atoms with Crippen molar-refractivity contribution in [2.45, 2.75) is 19.8 Å². The Morgan fingerprint density at radius 3 is 2.56 bits per heavy atom. The maximum atomic E-state index is 12.9. The molecule has 10 heteroatoms. The minimum atomic E-state index is -2.99. The van der Waals surface area contributed by atoms with Crippen LogP contribution in [0.3, 0.4) is 0 Å². The van der Waals surface area contributed by atoms with Gasteiger partial charge in [-0.05, 0) is 42.0 Å². The quantitative estimate of drug-likeness (QED) is 0.473. The number of aromatic nitrogens is 2. The molecule has 0 bridgehead atoms. The van der Waals surface area contributed by atoms with Crippen LogP contribution in [-0.2, 0) is 22.7 Å². The van der Waals surface area contributed by atoms with Gasteiger partial charge in [-0.15, -0.1) is 0 Å². The molecule has 1 amide bonds. The summed E-state index contributed by atoms with van der Waals surface area (Å²) < 4.78 is 48.2. The van der Waals surface area contributed by atoms with Crippen LogP contribution in [0.15, 0.2) is 54.7 Å². The first-order chi connectivity index (χ1) is 16.5. The van der Waals surface area contributed by atoms with Crippen LogP contribution in [0.4, 0.5) is 8.78 Å². The minimum Gasteiger partial charge on any atom is -0.497 e. The van der Waals surface area contributed by atoms with Crippen molar-refractivity contribution in [2.24, 2.45) is 0 Å². The standard InChI is InChI=1S/C24H25F2N3O5/c1-31-19-5-2-17(3-6-19)16-33-22-14-18(4-7-21(22)34-24(25)26)20-8-9-29(27-20)15-23(30)28-10-12-32-13-11-28/h2-9,14,24H,10-13,15-16H2,1H3. The monoisotopic (exact) mass is 473 g/mol. The molecule has 8 nitrogen and oxygen atoms in total. The molecule has 4 rings (SSSR count). The SMILES string of the molecule is COc1ccc(COc2cc(-c3ccn(CC(=O)N4CCOCC4)n3)ccc2OC(F)F)cc1. The smallest absolute Gasteiger partial charge is 0.387 e.